The molecule has 7 N–H and O–H groups in total. The van der Waals surface area contributed by atoms with Crippen LogP contribution in [0.5, 0.6) is 11.5 Å². The number of ether oxygens (including phenoxy) is 2. The molecule has 0 unspecified atom stereocenters. The van der Waals surface area contributed by atoms with Gasteiger partial charge in [-0.25, -0.2) is 0 Å². The number of nitrogens with one attached hydrogen (secondary N) is 7. The fraction of sp³-hybridized carbons (Fsp3) is 0.370. The smallest absolute Gasteiger partial charge is 0.251 e. The fourth-order valence-corrected chi connectivity index (χ4v) is 14.6. The number of fused-ring (bicyclic) bond motifs is 8. The van der Waals surface area contributed by atoms with Crippen molar-refractivity contribution in [3.8, 4) is 22.6 Å². The Labute approximate surface area is 559 Å². The second-order valence-electron chi connectivity index (χ2n) is 28.9. The summed E-state index contributed by atoms with van der Waals surface area (Å²) in [6.45, 7) is 28.5. The first kappa shape index (κ1) is 65.8. The van der Waals surface area contributed by atoms with Crippen LogP contribution in [0.2, 0.25) is 0 Å². The third-order valence-electron chi connectivity index (χ3n) is 18.7. The number of carbonyl (C=O) groups is 4. The van der Waals surface area contributed by atoms with Crippen molar-refractivity contribution in [2.45, 2.75) is 157 Å². The summed E-state index contributed by atoms with van der Waals surface area (Å²) >= 11 is 0. The van der Waals surface area contributed by atoms with Gasteiger partial charge in [-0.3, -0.25) is 24.2 Å². The molecule has 0 saturated carbocycles. The number of allylic oxidation sites excluding steroid dienone is 4. The van der Waals surface area contributed by atoms with E-state index in [1.165, 1.54) is 44.2 Å². The average Bonchev–Trinajstić information content (AvgIpc) is 0.736. The van der Waals surface area contributed by atoms with Crippen molar-refractivity contribution in [3.05, 3.63) is 183 Å². The Morgan fingerprint density at radius 3 is 1.42 bits per heavy atom. The molecule has 0 bridgehead atoms. The molecule has 492 valence electrons. The minimum absolute atomic E-state index is 0.0394. The predicted octanol–water partition coefficient (Wildman–Crippen LogP) is 15.2. The topological polar surface area (TPSA) is 183 Å². The Balaban J connectivity index is 0.533. The summed E-state index contributed by atoms with van der Waals surface area (Å²) in [5.74, 6) is 1.18. The molecule has 14 heteroatoms. The second-order valence-corrected chi connectivity index (χ2v) is 28.9. The van der Waals surface area contributed by atoms with Crippen molar-refractivity contribution in [1.29, 1.82) is 0 Å². The Hall–Kier alpha value is -9.27. The fourth-order valence-electron chi connectivity index (χ4n) is 14.6. The lowest BCUT2D eigenvalue weighted by atomic mass is 9.84. The van der Waals surface area contributed by atoms with E-state index in [1.807, 2.05) is 36.4 Å². The van der Waals surface area contributed by atoms with E-state index >= 15 is 0 Å². The van der Waals surface area contributed by atoms with Gasteiger partial charge in [0.25, 0.3) is 11.8 Å². The number of nitrogens with zero attached hydrogens (tertiary/aromatic N) is 1. The van der Waals surface area contributed by atoms with Crippen molar-refractivity contribution in [3.63, 3.8) is 0 Å². The lowest BCUT2D eigenvalue weighted by molar-refractivity contribution is -0.121. The number of amides is 4. The highest BCUT2D eigenvalue weighted by Crippen LogP contribution is 2.47. The maximum atomic E-state index is 13.4. The molecule has 4 amide bonds. The van der Waals surface area contributed by atoms with Gasteiger partial charge in [0.05, 0.1) is 40.7 Å². The summed E-state index contributed by atoms with van der Waals surface area (Å²) < 4.78 is 12.4. The van der Waals surface area contributed by atoms with Crippen molar-refractivity contribution in [2.24, 2.45) is 4.99 Å². The van der Waals surface area contributed by atoms with Gasteiger partial charge in [-0.05, 0) is 236 Å². The van der Waals surface area contributed by atoms with Crippen molar-refractivity contribution >= 4 is 90.1 Å². The second kappa shape index (κ2) is 26.5. The minimum Gasteiger partial charge on any atom is -0.456 e. The summed E-state index contributed by atoms with van der Waals surface area (Å²) in [6, 6.07) is 36.0. The molecule has 0 saturated heterocycles. The van der Waals surface area contributed by atoms with Gasteiger partial charge >= 0.3 is 0 Å². The predicted molar refractivity (Wildman–Crippen MR) is 389 cm³/mol. The zero-order chi connectivity index (χ0) is 67.1. The van der Waals surface area contributed by atoms with Crippen LogP contribution in [0.15, 0.2) is 132 Å². The minimum atomic E-state index is -0.321. The first-order chi connectivity index (χ1) is 45.3. The monoisotopic (exact) mass is 1270 g/mol. The van der Waals surface area contributed by atoms with Crippen LogP contribution in [0.4, 0.5) is 17.1 Å². The summed E-state index contributed by atoms with van der Waals surface area (Å²) in [6.07, 6.45) is 14.4. The Morgan fingerprint density at radius 1 is 0.453 bits per heavy atom. The summed E-state index contributed by atoms with van der Waals surface area (Å²) in [5, 5.41) is 29.7. The molecule has 0 spiro atoms. The van der Waals surface area contributed by atoms with Crippen LogP contribution in [0.25, 0.3) is 60.5 Å². The molecule has 7 aromatic carbocycles. The van der Waals surface area contributed by atoms with E-state index in [0.717, 1.165) is 115 Å². The molecule has 14 nitrogen and oxygen atoms in total. The molecule has 95 heavy (non-hydrogen) atoms. The normalized spacial score (nSPS) is 16.3. The quantitative estimate of drug-likeness (QED) is 0.0256. The molecule has 0 radical (unpaired) electrons. The standard InChI is InChI=1S/C81H92N8O6/c1-48-44-78(5,6)86-66-36-56-35-57-37-67-59(49(2)45-79(7,8)87-67)39-63(57)74(62(56)38-58(48)66)52-21-25-54(26-22-52)76(92)84-29-17-13-15-19-72(90)82-31-33-94-34-32-83-73(91)20-16-14-18-30-85-77(93)55-27-23-53(24-28-55)75-64-40-60-50(3)46-80(9,10)88-68(60)42-70(64)95-71-43-69-61(41-65(71)75)51(4)47-81(11,12)89-69/h21-28,35-47,86-88H,13-20,29-34H2,1-12H3,(H,82,90)(H,83,91)(H,84,92)(H,85,93). The molecule has 0 aliphatic carbocycles. The number of carbonyl (C=O) groups excluding carboxylic acids is 4. The van der Waals surface area contributed by atoms with E-state index in [1.54, 1.807) is 0 Å². The first-order valence-corrected chi connectivity index (χ1v) is 34.0. The van der Waals surface area contributed by atoms with E-state index in [0.29, 0.717) is 76.2 Å². The van der Waals surface area contributed by atoms with Crippen LogP contribution in [-0.2, 0) is 14.3 Å². The molecule has 5 heterocycles. The van der Waals surface area contributed by atoms with Gasteiger partial charge in [-0.1, -0.05) is 61.4 Å². The van der Waals surface area contributed by atoms with E-state index in [9.17, 15) is 19.2 Å². The van der Waals surface area contributed by atoms with Crippen molar-refractivity contribution in [1.82, 2.24) is 21.3 Å². The number of unbranched alkanes of at least 4 members (excludes halogenated alkanes) is 4. The maximum Gasteiger partial charge on any atom is 0.251 e. The van der Waals surface area contributed by atoms with E-state index < -0.39 is 0 Å². The van der Waals surface area contributed by atoms with Crippen LogP contribution < -0.4 is 52.5 Å². The highest BCUT2D eigenvalue weighted by atomic mass is 16.5. The number of hydrogen-bond acceptors (Lipinski definition) is 10. The number of anilines is 3. The molecule has 5 aliphatic heterocycles. The van der Waals surface area contributed by atoms with Gasteiger partial charge in [0.1, 0.15) is 11.5 Å². The molecular weight excluding hydrogens is 1180 g/mol. The van der Waals surface area contributed by atoms with Gasteiger partial charge in [0, 0.05) is 118 Å². The number of benzene rings is 7. The molecule has 5 aliphatic rings. The van der Waals surface area contributed by atoms with Gasteiger partial charge in [-0.2, -0.15) is 0 Å². The highest BCUT2D eigenvalue weighted by Gasteiger charge is 2.31. The SMILES string of the molecule is CC1=CC(C)(C)Nc2cc3c(cc21)C(c1ccc(C(=O)NCCCCCC(=O)NCCOCCNC(=O)CCCCCNC(=O)c2ccc(-c4c5cc6c(cc5cc5cc7c(cc45)C(C)=CC(C)(C)N7)NC(C)(C)C=C6C)cc2)cc1)=c1cc2c(cc1O3)=NC(C)(C)C=C2C. The van der Waals surface area contributed by atoms with Gasteiger partial charge in [-0.15, -0.1) is 0 Å². The van der Waals surface area contributed by atoms with E-state index in [4.69, 9.17) is 14.5 Å². The molecule has 7 aromatic rings. The molecule has 12 rings (SSSR count). The highest BCUT2D eigenvalue weighted by molar-refractivity contribution is 6.16. The maximum absolute atomic E-state index is 13.4. The molecule has 0 atom stereocenters. The van der Waals surface area contributed by atoms with Gasteiger partial charge < -0.3 is 46.7 Å². The molecule has 0 aromatic heterocycles. The lowest BCUT2D eigenvalue weighted by Gasteiger charge is -2.33. The largest absolute Gasteiger partial charge is 0.456 e. The summed E-state index contributed by atoms with van der Waals surface area (Å²) in [5.41, 5.74) is 18.3. The Kier molecular flexibility index (Phi) is 18.3. The molecule has 0 fully saturated rings. The number of rotatable bonds is 22. The summed E-state index contributed by atoms with van der Waals surface area (Å²) in [7, 11) is 0. The molecular formula is C81H92N8O6. The van der Waals surface area contributed by atoms with Crippen LogP contribution in [0.1, 0.15) is 189 Å². The zero-order valence-electron chi connectivity index (χ0n) is 57.4. The Morgan fingerprint density at radius 2 is 0.916 bits per heavy atom. The Bertz CT molecular complexity index is 4430. The van der Waals surface area contributed by atoms with Crippen LogP contribution in [-0.4, -0.2) is 85.2 Å². The third kappa shape index (κ3) is 14.7. The first-order valence-electron chi connectivity index (χ1n) is 34.0. The van der Waals surface area contributed by atoms with E-state index in [-0.39, 0.29) is 45.8 Å². The average molecular weight is 1270 g/mol. The van der Waals surface area contributed by atoms with Crippen LogP contribution in [0.3, 0.4) is 0 Å². The van der Waals surface area contributed by atoms with Gasteiger partial charge in [0.15, 0.2) is 0 Å². The van der Waals surface area contributed by atoms with Gasteiger partial charge in [0.2, 0.25) is 11.8 Å². The van der Waals surface area contributed by atoms with Crippen LogP contribution >= 0.6 is 0 Å². The summed E-state index contributed by atoms with van der Waals surface area (Å²) in [4.78, 5) is 57.0. The van der Waals surface area contributed by atoms with Crippen molar-refractivity contribution < 1.29 is 28.7 Å². The van der Waals surface area contributed by atoms with Crippen molar-refractivity contribution in [2.75, 3.05) is 55.3 Å². The zero-order valence-corrected chi connectivity index (χ0v) is 57.4. The lowest BCUT2D eigenvalue weighted by Crippen LogP contribution is -2.32. The number of hydrogen-bond donors (Lipinski definition) is 7. The third-order valence-corrected chi connectivity index (χ3v) is 18.7. The van der Waals surface area contributed by atoms with Crippen LogP contribution in [0, 0.1) is 0 Å². The van der Waals surface area contributed by atoms with E-state index in [2.05, 4.69) is 211 Å².